The number of nitrogens with zero attached hydrogens (tertiary/aromatic N) is 3. The van der Waals surface area contributed by atoms with Crippen LogP contribution in [0.3, 0.4) is 0 Å². The lowest BCUT2D eigenvalue weighted by Crippen LogP contribution is -2.44. The van der Waals surface area contributed by atoms with Crippen LogP contribution in [-0.4, -0.2) is 37.6 Å². The Labute approximate surface area is 187 Å². The van der Waals surface area contributed by atoms with Gasteiger partial charge >= 0.3 is 0 Å². The molecule has 1 atom stereocenters. The maximum absolute atomic E-state index is 13.3. The lowest BCUT2D eigenvalue weighted by molar-refractivity contribution is -0.141. The van der Waals surface area contributed by atoms with Crippen LogP contribution in [0.2, 0.25) is 0 Å². The van der Waals surface area contributed by atoms with Gasteiger partial charge in [0.2, 0.25) is 11.8 Å². The third-order valence-corrected chi connectivity index (χ3v) is 5.67. The minimum absolute atomic E-state index is 0.0516. The van der Waals surface area contributed by atoms with Crippen LogP contribution in [0, 0.1) is 0 Å². The normalized spacial score (nSPS) is 14.0. The molecule has 2 N–H and O–H groups in total. The highest BCUT2D eigenvalue weighted by Crippen LogP contribution is 2.35. The number of hydrogen-bond donors (Lipinski definition) is 2. The largest absolute Gasteiger partial charge is 0.508 e. The average molecular weight is 433 g/mol. The summed E-state index contributed by atoms with van der Waals surface area (Å²) in [6.07, 6.45) is 6.10. The van der Waals surface area contributed by atoms with Crippen LogP contribution in [0.4, 0.5) is 0 Å². The van der Waals surface area contributed by atoms with Gasteiger partial charge in [-0.3, -0.25) is 14.3 Å². The van der Waals surface area contributed by atoms with Gasteiger partial charge in [0.1, 0.15) is 11.8 Å². The Morgan fingerprint density at radius 3 is 2.47 bits per heavy atom. The lowest BCUT2D eigenvalue weighted by atomic mass is 10.0. The molecule has 1 heterocycles. The summed E-state index contributed by atoms with van der Waals surface area (Å²) in [5, 5.41) is 16.7. The minimum Gasteiger partial charge on any atom is -0.508 e. The van der Waals surface area contributed by atoms with E-state index in [2.05, 4.69) is 10.4 Å². The number of carbonyl (C=O) groups is 2. The van der Waals surface area contributed by atoms with E-state index in [9.17, 15) is 14.7 Å². The number of benzene rings is 2. The highest BCUT2D eigenvalue weighted by Gasteiger charge is 2.41. The van der Waals surface area contributed by atoms with Crippen LogP contribution in [0.5, 0.6) is 5.75 Å². The van der Waals surface area contributed by atoms with Gasteiger partial charge in [-0.1, -0.05) is 42.5 Å². The molecule has 0 radical (unpaired) electrons. The number of aromatic nitrogens is 2. The first-order valence-electron chi connectivity index (χ1n) is 10.9. The molecule has 1 saturated carbocycles. The van der Waals surface area contributed by atoms with Gasteiger partial charge in [-0.2, -0.15) is 5.10 Å². The third kappa shape index (κ3) is 5.35. The molecule has 1 aromatic heterocycles. The van der Waals surface area contributed by atoms with Crippen molar-refractivity contribution >= 4 is 11.8 Å². The van der Waals surface area contributed by atoms with Crippen molar-refractivity contribution in [3.05, 3.63) is 83.7 Å². The van der Waals surface area contributed by atoms with Crippen LogP contribution < -0.4 is 5.32 Å². The van der Waals surface area contributed by atoms with Gasteiger partial charge in [0.15, 0.2) is 0 Å². The van der Waals surface area contributed by atoms with E-state index in [0.717, 1.165) is 24.0 Å². The SMILES string of the molecule is Cn1cc(C(C(=O)NCc2ccccc2)N(C(=O)CCc2ccc(O)cc2)C2CC2)cn1. The Bertz CT molecular complexity index is 1060. The number of aromatic hydroxyl groups is 1. The van der Waals surface area contributed by atoms with Gasteiger partial charge in [-0.05, 0) is 42.5 Å². The molecule has 166 valence electrons. The van der Waals surface area contributed by atoms with E-state index in [1.165, 1.54) is 0 Å². The number of amides is 2. The second kappa shape index (κ2) is 9.68. The molecular weight excluding hydrogens is 404 g/mol. The molecule has 7 heteroatoms. The van der Waals surface area contributed by atoms with Gasteiger partial charge in [0.05, 0.1) is 6.20 Å². The first-order valence-corrected chi connectivity index (χ1v) is 10.9. The summed E-state index contributed by atoms with van der Waals surface area (Å²) in [5.41, 5.74) is 2.68. The van der Waals surface area contributed by atoms with Crippen molar-refractivity contribution in [3.63, 3.8) is 0 Å². The van der Waals surface area contributed by atoms with E-state index in [1.54, 1.807) is 41.2 Å². The number of hydrogen-bond acceptors (Lipinski definition) is 4. The minimum atomic E-state index is -0.716. The molecule has 1 aliphatic rings. The van der Waals surface area contributed by atoms with Crippen LogP contribution in [0.25, 0.3) is 0 Å². The molecule has 0 aliphatic heterocycles. The third-order valence-electron chi connectivity index (χ3n) is 5.67. The fourth-order valence-corrected chi connectivity index (χ4v) is 3.86. The van der Waals surface area contributed by atoms with Crippen molar-refractivity contribution < 1.29 is 14.7 Å². The zero-order valence-electron chi connectivity index (χ0n) is 18.1. The first kappa shape index (κ1) is 21.6. The standard InChI is InChI=1S/C25H28N4O3/c1-28-17-20(16-27-28)24(25(32)26-15-19-5-3-2-4-6-19)29(21-10-11-21)23(31)14-9-18-7-12-22(30)13-8-18/h2-8,12-13,16-17,21,24,30H,9-11,14-15H2,1H3,(H,26,32). The van der Waals surface area contributed by atoms with E-state index in [-0.39, 0.29) is 23.6 Å². The van der Waals surface area contributed by atoms with Crippen molar-refractivity contribution in [3.8, 4) is 5.75 Å². The Hall–Kier alpha value is -3.61. The molecule has 0 bridgehead atoms. The molecule has 32 heavy (non-hydrogen) atoms. The molecule has 7 nitrogen and oxygen atoms in total. The molecule has 1 aliphatic carbocycles. The number of phenolic OH excluding ortho intramolecular Hbond substituents is 1. The summed E-state index contributed by atoms with van der Waals surface area (Å²) in [7, 11) is 1.80. The Morgan fingerprint density at radius 2 is 1.84 bits per heavy atom. The molecule has 0 saturated heterocycles. The molecule has 1 fully saturated rings. The molecule has 1 unspecified atom stereocenters. The zero-order valence-corrected chi connectivity index (χ0v) is 18.1. The second-order valence-corrected chi connectivity index (χ2v) is 8.25. The van der Waals surface area contributed by atoms with E-state index < -0.39 is 6.04 Å². The van der Waals surface area contributed by atoms with Crippen molar-refractivity contribution in [2.45, 2.75) is 44.3 Å². The summed E-state index contributed by atoms with van der Waals surface area (Å²) in [5.74, 6) is -0.0533. The van der Waals surface area contributed by atoms with Crippen molar-refractivity contribution in [1.29, 1.82) is 0 Å². The van der Waals surface area contributed by atoms with Gasteiger partial charge in [-0.25, -0.2) is 0 Å². The predicted octanol–water partition coefficient (Wildman–Crippen LogP) is 3.11. The number of rotatable bonds is 9. The number of carbonyl (C=O) groups excluding carboxylic acids is 2. The van der Waals surface area contributed by atoms with Crippen LogP contribution in [0.1, 0.15) is 42.0 Å². The zero-order chi connectivity index (χ0) is 22.5. The van der Waals surface area contributed by atoms with Crippen molar-refractivity contribution in [2.75, 3.05) is 0 Å². The second-order valence-electron chi connectivity index (χ2n) is 8.25. The highest BCUT2D eigenvalue weighted by molar-refractivity contribution is 5.89. The van der Waals surface area contributed by atoms with Crippen LogP contribution in [0.15, 0.2) is 67.0 Å². The molecule has 2 aromatic carbocycles. The maximum atomic E-state index is 13.3. The lowest BCUT2D eigenvalue weighted by Gasteiger charge is -2.31. The topological polar surface area (TPSA) is 87.5 Å². The molecule has 4 rings (SSSR count). The van der Waals surface area contributed by atoms with Gasteiger partial charge in [0.25, 0.3) is 0 Å². The van der Waals surface area contributed by atoms with E-state index in [0.29, 0.717) is 24.9 Å². The summed E-state index contributed by atoms with van der Waals surface area (Å²) >= 11 is 0. The highest BCUT2D eigenvalue weighted by atomic mass is 16.3. The molecule has 0 spiro atoms. The molecule has 2 amide bonds. The number of nitrogens with one attached hydrogen (secondary N) is 1. The van der Waals surface area contributed by atoms with E-state index in [1.807, 2.05) is 42.5 Å². The maximum Gasteiger partial charge on any atom is 0.247 e. The first-order chi connectivity index (χ1) is 15.5. The monoisotopic (exact) mass is 432 g/mol. The van der Waals surface area contributed by atoms with Gasteiger partial charge < -0.3 is 15.3 Å². The molecule has 3 aromatic rings. The van der Waals surface area contributed by atoms with Crippen molar-refractivity contribution in [1.82, 2.24) is 20.0 Å². The summed E-state index contributed by atoms with van der Waals surface area (Å²) < 4.78 is 1.65. The predicted molar refractivity (Wildman–Crippen MR) is 121 cm³/mol. The quantitative estimate of drug-likeness (QED) is 0.544. The average Bonchev–Trinajstić information content (AvgIpc) is 3.55. The van der Waals surface area contributed by atoms with Crippen LogP contribution in [-0.2, 0) is 29.6 Å². The van der Waals surface area contributed by atoms with Gasteiger partial charge in [-0.15, -0.1) is 0 Å². The number of phenols is 1. The van der Waals surface area contributed by atoms with E-state index in [4.69, 9.17) is 0 Å². The Balaban J connectivity index is 1.52. The van der Waals surface area contributed by atoms with Crippen LogP contribution >= 0.6 is 0 Å². The fraction of sp³-hybridized carbons (Fsp3) is 0.320. The Kier molecular flexibility index (Phi) is 6.54. The summed E-state index contributed by atoms with van der Waals surface area (Å²) in [6.45, 7) is 0.399. The number of aryl methyl sites for hydroxylation is 2. The Morgan fingerprint density at radius 1 is 1.12 bits per heavy atom. The van der Waals surface area contributed by atoms with Gasteiger partial charge in [0, 0.05) is 37.8 Å². The summed E-state index contributed by atoms with van der Waals surface area (Å²) in [6, 6.07) is 15.9. The van der Waals surface area contributed by atoms with Crippen molar-refractivity contribution in [2.24, 2.45) is 7.05 Å². The smallest absolute Gasteiger partial charge is 0.247 e. The fourth-order valence-electron chi connectivity index (χ4n) is 3.86. The summed E-state index contributed by atoms with van der Waals surface area (Å²) in [4.78, 5) is 28.4. The van der Waals surface area contributed by atoms with E-state index >= 15 is 0 Å². The molecular formula is C25H28N4O3.